The van der Waals surface area contributed by atoms with Crippen molar-refractivity contribution in [3.63, 3.8) is 0 Å². The Labute approximate surface area is 163 Å². The van der Waals surface area contributed by atoms with Gasteiger partial charge in [0.15, 0.2) is 6.10 Å². The Kier molecular flexibility index (Phi) is 8.09. The average Bonchev–Trinajstić information content (AvgIpc) is 2.90. The SMILES string of the molecule is C[C@@H](OC(=O)[C@@H](C)Sc1ccc([N+](=O)[O-])cc1)C(=O)NC1CCCCCC1. The van der Waals surface area contributed by atoms with Gasteiger partial charge >= 0.3 is 5.97 Å². The van der Waals surface area contributed by atoms with Gasteiger partial charge in [-0.1, -0.05) is 25.7 Å². The molecule has 0 spiro atoms. The maximum absolute atomic E-state index is 12.3. The summed E-state index contributed by atoms with van der Waals surface area (Å²) in [5.74, 6) is -0.746. The number of nitrogens with one attached hydrogen (secondary N) is 1. The highest BCUT2D eigenvalue weighted by atomic mass is 32.2. The van der Waals surface area contributed by atoms with E-state index in [1.807, 2.05) is 0 Å². The summed E-state index contributed by atoms with van der Waals surface area (Å²) in [5, 5.41) is 13.1. The zero-order chi connectivity index (χ0) is 19.8. The fraction of sp³-hybridized carbons (Fsp3) is 0.579. The topological polar surface area (TPSA) is 98.5 Å². The van der Waals surface area contributed by atoms with E-state index in [0.717, 1.165) is 30.6 Å². The largest absolute Gasteiger partial charge is 0.452 e. The molecule has 1 aromatic rings. The molecule has 0 unspecified atom stereocenters. The lowest BCUT2D eigenvalue weighted by Gasteiger charge is -2.20. The summed E-state index contributed by atoms with van der Waals surface area (Å²) in [4.78, 5) is 35.5. The van der Waals surface area contributed by atoms with Crippen LogP contribution >= 0.6 is 11.8 Å². The van der Waals surface area contributed by atoms with E-state index in [2.05, 4.69) is 5.32 Å². The van der Waals surface area contributed by atoms with Crippen molar-refractivity contribution < 1.29 is 19.2 Å². The molecule has 0 radical (unpaired) electrons. The quantitative estimate of drug-likeness (QED) is 0.248. The lowest BCUT2D eigenvalue weighted by molar-refractivity contribution is -0.384. The van der Waals surface area contributed by atoms with E-state index < -0.39 is 22.2 Å². The van der Waals surface area contributed by atoms with E-state index in [9.17, 15) is 19.7 Å². The Morgan fingerprint density at radius 1 is 1.15 bits per heavy atom. The molecule has 7 nitrogen and oxygen atoms in total. The molecule has 148 valence electrons. The molecule has 0 aromatic heterocycles. The summed E-state index contributed by atoms with van der Waals surface area (Å²) >= 11 is 1.24. The number of amides is 1. The molecule has 27 heavy (non-hydrogen) atoms. The molecule has 1 aliphatic carbocycles. The Morgan fingerprint density at radius 2 is 1.74 bits per heavy atom. The number of rotatable bonds is 7. The predicted octanol–water partition coefficient (Wildman–Crippen LogP) is 3.85. The third-order valence-corrected chi connectivity index (χ3v) is 5.65. The molecule has 1 N–H and O–H groups in total. The predicted molar refractivity (Wildman–Crippen MR) is 104 cm³/mol. The second-order valence-corrected chi connectivity index (χ2v) is 8.20. The van der Waals surface area contributed by atoms with Crippen LogP contribution in [0.4, 0.5) is 5.69 Å². The lowest BCUT2D eigenvalue weighted by Crippen LogP contribution is -2.42. The number of esters is 1. The van der Waals surface area contributed by atoms with Gasteiger partial charge in [-0.3, -0.25) is 19.7 Å². The first-order valence-electron chi connectivity index (χ1n) is 9.29. The molecular formula is C19H26N2O5S. The molecule has 0 saturated heterocycles. The van der Waals surface area contributed by atoms with Crippen LogP contribution in [0.3, 0.4) is 0 Å². The van der Waals surface area contributed by atoms with Gasteiger partial charge in [0.25, 0.3) is 11.6 Å². The van der Waals surface area contributed by atoms with Crippen LogP contribution in [0.15, 0.2) is 29.2 Å². The molecule has 2 rings (SSSR count). The van der Waals surface area contributed by atoms with E-state index in [4.69, 9.17) is 4.74 Å². The molecule has 1 aliphatic rings. The Bertz CT molecular complexity index is 657. The minimum Gasteiger partial charge on any atom is -0.452 e. The number of hydrogen-bond acceptors (Lipinski definition) is 6. The first kappa shape index (κ1) is 21.2. The van der Waals surface area contributed by atoms with Crippen LogP contribution in [0.2, 0.25) is 0 Å². The van der Waals surface area contributed by atoms with E-state index in [1.54, 1.807) is 26.0 Å². The maximum Gasteiger partial charge on any atom is 0.319 e. The van der Waals surface area contributed by atoms with E-state index in [1.165, 1.54) is 36.7 Å². The van der Waals surface area contributed by atoms with Crippen molar-refractivity contribution in [1.82, 2.24) is 5.32 Å². The molecule has 1 saturated carbocycles. The van der Waals surface area contributed by atoms with Crippen LogP contribution < -0.4 is 5.32 Å². The zero-order valence-corrected chi connectivity index (χ0v) is 16.5. The molecule has 1 amide bonds. The number of ether oxygens (including phenoxy) is 1. The molecule has 1 aromatic carbocycles. The minimum absolute atomic E-state index is 0.00149. The molecule has 0 aliphatic heterocycles. The fourth-order valence-electron chi connectivity index (χ4n) is 2.96. The van der Waals surface area contributed by atoms with Gasteiger partial charge in [0.2, 0.25) is 0 Å². The number of benzene rings is 1. The highest BCUT2D eigenvalue weighted by molar-refractivity contribution is 8.00. The number of carbonyl (C=O) groups is 2. The van der Waals surface area contributed by atoms with Crippen molar-refractivity contribution in [2.24, 2.45) is 0 Å². The summed E-state index contributed by atoms with van der Waals surface area (Å²) in [6.45, 7) is 3.26. The Hall–Kier alpha value is -2.09. The van der Waals surface area contributed by atoms with E-state index in [-0.39, 0.29) is 17.6 Å². The van der Waals surface area contributed by atoms with Crippen molar-refractivity contribution in [2.45, 2.75) is 74.7 Å². The molecule has 0 bridgehead atoms. The Morgan fingerprint density at radius 3 is 2.30 bits per heavy atom. The summed E-state index contributed by atoms with van der Waals surface area (Å²) < 4.78 is 5.30. The monoisotopic (exact) mass is 394 g/mol. The molecule has 8 heteroatoms. The van der Waals surface area contributed by atoms with Gasteiger partial charge in [-0.15, -0.1) is 11.8 Å². The van der Waals surface area contributed by atoms with Crippen LogP contribution in [0.25, 0.3) is 0 Å². The fourth-order valence-corrected chi connectivity index (χ4v) is 3.82. The molecule has 1 fully saturated rings. The second kappa shape index (κ2) is 10.3. The van der Waals surface area contributed by atoms with Gasteiger partial charge in [0, 0.05) is 23.1 Å². The van der Waals surface area contributed by atoms with Gasteiger partial charge in [-0.25, -0.2) is 0 Å². The van der Waals surface area contributed by atoms with Gasteiger partial charge in [-0.05, 0) is 38.8 Å². The van der Waals surface area contributed by atoms with Crippen molar-refractivity contribution in [3.8, 4) is 0 Å². The highest BCUT2D eigenvalue weighted by Gasteiger charge is 2.25. The Balaban J connectivity index is 1.81. The van der Waals surface area contributed by atoms with Gasteiger partial charge in [0.1, 0.15) is 5.25 Å². The van der Waals surface area contributed by atoms with Crippen LogP contribution in [0.5, 0.6) is 0 Å². The van der Waals surface area contributed by atoms with Crippen LogP contribution in [-0.2, 0) is 14.3 Å². The number of non-ortho nitro benzene ring substituents is 1. The first-order chi connectivity index (χ1) is 12.9. The van der Waals surface area contributed by atoms with E-state index in [0.29, 0.717) is 0 Å². The van der Waals surface area contributed by atoms with Crippen LogP contribution in [0.1, 0.15) is 52.4 Å². The van der Waals surface area contributed by atoms with Crippen LogP contribution in [-0.4, -0.2) is 34.2 Å². The minimum atomic E-state index is -0.847. The second-order valence-electron chi connectivity index (χ2n) is 6.79. The first-order valence-corrected chi connectivity index (χ1v) is 10.2. The van der Waals surface area contributed by atoms with Crippen molar-refractivity contribution in [2.75, 3.05) is 0 Å². The zero-order valence-electron chi connectivity index (χ0n) is 15.7. The number of nitrogens with zero attached hydrogens (tertiary/aromatic N) is 1. The third kappa shape index (κ3) is 6.86. The summed E-state index contributed by atoms with van der Waals surface area (Å²) in [6.07, 6.45) is 5.73. The summed E-state index contributed by atoms with van der Waals surface area (Å²) in [6, 6.07) is 6.13. The molecule has 2 atom stereocenters. The number of nitro benzene ring substituents is 1. The van der Waals surface area contributed by atoms with Crippen molar-refractivity contribution in [1.29, 1.82) is 0 Å². The highest BCUT2D eigenvalue weighted by Crippen LogP contribution is 2.26. The van der Waals surface area contributed by atoms with Gasteiger partial charge in [0.05, 0.1) is 4.92 Å². The standard InChI is InChI=1S/C19H26N2O5S/c1-13(18(22)20-15-7-5-3-4-6-8-15)26-19(23)14(2)27-17-11-9-16(10-12-17)21(24)25/h9-15H,3-8H2,1-2H3,(H,20,22)/t13-,14-/m1/s1. The van der Waals surface area contributed by atoms with E-state index >= 15 is 0 Å². The summed E-state index contributed by atoms with van der Waals surface area (Å²) in [5.41, 5.74) is -0.00149. The average molecular weight is 394 g/mol. The lowest BCUT2D eigenvalue weighted by atomic mass is 10.1. The maximum atomic E-state index is 12.3. The van der Waals surface area contributed by atoms with Crippen molar-refractivity contribution in [3.05, 3.63) is 34.4 Å². The molecular weight excluding hydrogens is 368 g/mol. The van der Waals surface area contributed by atoms with Gasteiger partial charge < -0.3 is 10.1 Å². The normalized spacial score (nSPS) is 17.4. The number of carbonyl (C=O) groups excluding carboxylic acids is 2. The number of hydrogen-bond donors (Lipinski definition) is 1. The van der Waals surface area contributed by atoms with Crippen molar-refractivity contribution >= 4 is 29.3 Å². The smallest absolute Gasteiger partial charge is 0.319 e. The number of thioether (sulfide) groups is 1. The molecule has 0 heterocycles. The third-order valence-electron chi connectivity index (χ3n) is 4.56. The van der Waals surface area contributed by atoms with Crippen LogP contribution in [0, 0.1) is 10.1 Å². The van der Waals surface area contributed by atoms with Gasteiger partial charge in [-0.2, -0.15) is 0 Å². The summed E-state index contributed by atoms with van der Waals surface area (Å²) in [7, 11) is 0. The number of nitro groups is 1.